The van der Waals surface area contributed by atoms with Gasteiger partial charge in [0.25, 0.3) is 0 Å². The zero-order valence-electron chi connectivity index (χ0n) is 21.4. The van der Waals surface area contributed by atoms with Gasteiger partial charge in [-0.2, -0.15) is 0 Å². The van der Waals surface area contributed by atoms with Gasteiger partial charge in [-0.25, -0.2) is 9.18 Å². The second kappa shape index (κ2) is 12.8. The van der Waals surface area contributed by atoms with E-state index < -0.39 is 5.97 Å². The Kier molecular flexibility index (Phi) is 9.26. The maximum Gasteiger partial charge on any atom is 0.342 e. The highest BCUT2D eigenvalue weighted by Crippen LogP contribution is 2.34. The topological polar surface area (TPSA) is 95.7 Å². The number of nitrogens with zero attached hydrogens (tertiary/aromatic N) is 3. The molecule has 0 bridgehead atoms. The summed E-state index contributed by atoms with van der Waals surface area (Å²) in [6, 6.07) is 16.9. The van der Waals surface area contributed by atoms with E-state index in [9.17, 15) is 14.3 Å². The predicted octanol–water partition coefficient (Wildman–Crippen LogP) is 6.68. The van der Waals surface area contributed by atoms with Gasteiger partial charge in [0, 0.05) is 23.7 Å². The first-order valence-electron chi connectivity index (χ1n) is 11.8. The highest BCUT2D eigenvalue weighted by Gasteiger charge is 2.19. The molecule has 4 aromatic rings. The van der Waals surface area contributed by atoms with Crippen molar-refractivity contribution >= 4 is 39.7 Å². The quantitative estimate of drug-likeness (QED) is 0.148. The zero-order valence-corrected chi connectivity index (χ0v) is 23.8. The maximum absolute atomic E-state index is 13.9. The van der Waals surface area contributed by atoms with Gasteiger partial charge in [-0.05, 0) is 76.6 Å². The van der Waals surface area contributed by atoms with Crippen molar-refractivity contribution in [3.63, 3.8) is 0 Å². The minimum atomic E-state index is -1.11. The zero-order chi connectivity index (χ0) is 27.9. The van der Waals surface area contributed by atoms with Crippen molar-refractivity contribution in [1.82, 2.24) is 14.8 Å². The van der Waals surface area contributed by atoms with E-state index >= 15 is 0 Å². The summed E-state index contributed by atoms with van der Waals surface area (Å²) in [5.74, 6) is 0.811. The van der Waals surface area contributed by atoms with Gasteiger partial charge in [0.15, 0.2) is 11.0 Å². The normalized spacial score (nSPS) is 11.4. The average molecular weight is 614 g/mol. The summed E-state index contributed by atoms with van der Waals surface area (Å²) < 4.78 is 32.8. The van der Waals surface area contributed by atoms with Gasteiger partial charge in [-0.1, -0.05) is 24.3 Å². The Morgan fingerprint density at radius 1 is 1.08 bits per heavy atom. The first kappa shape index (κ1) is 28.2. The van der Waals surface area contributed by atoms with E-state index in [1.807, 2.05) is 23.6 Å². The number of hydrogen-bond donors (Lipinski definition) is 1. The second-order valence-electron chi connectivity index (χ2n) is 8.14. The van der Waals surface area contributed by atoms with Crippen LogP contribution in [0.5, 0.6) is 17.2 Å². The summed E-state index contributed by atoms with van der Waals surface area (Å²) in [6.45, 7) is 2.50. The summed E-state index contributed by atoms with van der Waals surface area (Å²) in [6.07, 6.45) is 1.54. The molecule has 3 aromatic carbocycles. The maximum atomic E-state index is 13.9. The van der Waals surface area contributed by atoms with Crippen LogP contribution in [0.4, 0.5) is 4.39 Å². The van der Waals surface area contributed by atoms with Crippen molar-refractivity contribution < 1.29 is 28.5 Å². The monoisotopic (exact) mass is 613 g/mol. The van der Waals surface area contributed by atoms with Gasteiger partial charge in [0.2, 0.25) is 0 Å². The van der Waals surface area contributed by atoms with Crippen molar-refractivity contribution in [2.75, 3.05) is 14.2 Å². The molecule has 0 spiro atoms. The summed E-state index contributed by atoms with van der Waals surface area (Å²) in [5, 5.41) is 18.9. The Hall–Kier alpha value is -3.83. The molecule has 39 heavy (non-hydrogen) atoms. The van der Waals surface area contributed by atoms with Crippen LogP contribution in [0, 0.1) is 5.82 Å². The Morgan fingerprint density at radius 3 is 2.41 bits per heavy atom. The van der Waals surface area contributed by atoms with Gasteiger partial charge in [-0.15, -0.1) is 10.2 Å². The molecule has 0 aliphatic rings. The first-order valence-corrected chi connectivity index (χ1v) is 13.4. The van der Waals surface area contributed by atoms with Crippen LogP contribution in [0.2, 0.25) is 0 Å². The molecule has 0 aliphatic carbocycles. The SMILES string of the molecule is CCn1c(S/C(=C\c2ccc(OCc3ccccc3F)c(Br)c2)C(=O)O)nnc1-c1cc(OC)cc(OC)c1. The third-order valence-electron chi connectivity index (χ3n) is 5.65. The number of carbonyl (C=O) groups is 1. The van der Waals surface area contributed by atoms with Crippen molar-refractivity contribution in [2.45, 2.75) is 25.2 Å². The lowest BCUT2D eigenvalue weighted by Gasteiger charge is -2.11. The lowest BCUT2D eigenvalue weighted by molar-refractivity contribution is -0.131. The highest BCUT2D eigenvalue weighted by molar-refractivity contribution is 9.10. The molecule has 0 saturated carbocycles. The van der Waals surface area contributed by atoms with Crippen molar-refractivity contribution in [3.05, 3.63) is 87.0 Å². The molecular weight excluding hydrogens is 589 g/mol. The molecule has 0 unspecified atom stereocenters. The number of thioether (sulfide) groups is 1. The number of hydrogen-bond acceptors (Lipinski definition) is 7. The van der Waals surface area contributed by atoms with E-state index in [1.165, 1.54) is 6.07 Å². The average Bonchev–Trinajstić information content (AvgIpc) is 3.35. The number of ether oxygens (including phenoxy) is 3. The van der Waals surface area contributed by atoms with Gasteiger partial charge < -0.3 is 23.9 Å². The van der Waals surface area contributed by atoms with Crippen LogP contribution >= 0.6 is 27.7 Å². The summed E-state index contributed by atoms with van der Waals surface area (Å²) in [5.41, 5.74) is 1.79. The molecule has 1 heterocycles. The molecule has 11 heteroatoms. The minimum absolute atomic E-state index is 0.0544. The van der Waals surface area contributed by atoms with Crippen molar-refractivity contribution in [2.24, 2.45) is 0 Å². The van der Waals surface area contributed by atoms with Gasteiger partial charge in [-0.3, -0.25) is 0 Å². The van der Waals surface area contributed by atoms with Crippen LogP contribution in [0.25, 0.3) is 17.5 Å². The van der Waals surface area contributed by atoms with E-state index in [2.05, 4.69) is 26.1 Å². The molecule has 4 rings (SSSR count). The lowest BCUT2D eigenvalue weighted by atomic mass is 10.2. The molecule has 0 atom stereocenters. The van der Waals surface area contributed by atoms with E-state index in [1.54, 1.807) is 62.8 Å². The standard InChI is InChI=1S/C28H25BrFN3O5S/c1-4-33-26(19-13-20(36-2)15-21(14-19)37-3)31-32-28(33)39-25(27(34)35)12-17-9-10-24(22(29)11-17)38-16-18-7-5-6-8-23(18)30/h5-15H,4,16H2,1-3H3,(H,34,35)/b25-12-. The summed E-state index contributed by atoms with van der Waals surface area (Å²) >= 11 is 4.46. The van der Waals surface area contributed by atoms with Crippen LogP contribution < -0.4 is 14.2 Å². The first-order chi connectivity index (χ1) is 18.8. The number of halogens is 2. The fourth-order valence-corrected chi connectivity index (χ4v) is 5.08. The van der Waals surface area contributed by atoms with Crippen LogP contribution in [0.1, 0.15) is 18.1 Å². The molecule has 0 radical (unpaired) electrons. The van der Waals surface area contributed by atoms with Gasteiger partial charge >= 0.3 is 5.97 Å². The molecule has 0 aliphatic heterocycles. The number of aromatic nitrogens is 3. The number of benzene rings is 3. The van der Waals surface area contributed by atoms with E-state index in [4.69, 9.17) is 14.2 Å². The molecule has 0 amide bonds. The van der Waals surface area contributed by atoms with Crippen molar-refractivity contribution in [3.8, 4) is 28.6 Å². The molecule has 0 fully saturated rings. The highest BCUT2D eigenvalue weighted by atomic mass is 79.9. The fraction of sp³-hybridized carbons (Fsp3) is 0.179. The number of carboxylic acid groups (broad SMARTS) is 1. The van der Waals surface area contributed by atoms with Crippen LogP contribution in [-0.4, -0.2) is 40.1 Å². The summed E-state index contributed by atoms with van der Waals surface area (Å²) in [4.78, 5) is 12.2. The largest absolute Gasteiger partial charge is 0.497 e. The number of rotatable bonds is 11. The molecule has 202 valence electrons. The van der Waals surface area contributed by atoms with Gasteiger partial charge in [0.1, 0.15) is 34.6 Å². The molecule has 0 saturated heterocycles. The van der Waals surface area contributed by atoms with Crippen LogP contribution in [0.15, 0.2) is 75.2 Å². The Balaban J connectivity index is 1.57. The lowest BCUT2D eigenvalue weighted by Crippen LogP contribution is -2.03. The fourth-order valence-electron chi connectivity index (χ4n) is 3.68. The van der Waals surface area contributed by atoms with E-state index in [0.717, 1.165) is 17.3 Å². The van der Waals surface area contributed by atoms with Crippen LogP contribution in [0.3, 0.4) is 0 Å². The number of methoxy groups -OCH3 is 2. The third-order valence-corrected chi connectivity index (χ3v) is 7.27. The Labute approximate surface area is 237 Å². The number of carboxylic acids is 1. The Bertz CT molecular complexity index is 1500. The van der Waals surface area contributed by atoms with Crippen LogP contribution in [-0.2, 0) is 17.9 Å². The number of aliphatic carboxylic acids is 1. The third kappa shape index (κ3) is 6.79. The molecule has 1 aromatic heterocycles. The van der Waals surface area contributed by atoms with Crippen molar-refractivity contribution in [1.29, 1.82) is 0 Å². The van der Waals surface area contributed by atoms with E-state index in [0.29, 0.717) is 50.4 Å². The minimum Gasteiger partial charge on any atom is -0.497 e. The second-order valence-corrected chi connectivity index (χ2v) is 10.0. The van der Waals surface area contributed by atoms with Gasteiger partial charge in [0.05, 0.1) is 18.7 Å². The smallest absolute Gasteiger partial charge is 0.342 e. The molecule has 8 nitrogen and oxygen atoms in total. The summed E-state index contributed by atoms with van der Waals surface area (Å²) in [7, 11) is 3.13. The Morgan fingerprint density at radius 2 is 1.79 bits per heavy atom. The predicted molar refractivity (Wildman–Crippen MR) is 151 cm³/mol. The van der Waals surface area contributed by atoms with E-state index in [-0.39, 0.29) is 17.3 Å². The molecular formula is C28H25BrFN3O5S. The molecule has 1 N–H and O–H groups in total.